The first-order valence-electron chi connectivity index (χ1n) is 4.83. The normalized spacial score (nSPS) is 23.1. The van der Waals surface area contributed by atoms with Gasteiger partial charge in [-0.3, -0.25) is 4.90 Å². The molecule has 14 heavy (non-hydrogen) atoms. The molecule has 0 spiro atoms. The summed E-state index contributed by atoms with van der Waals surface area (Å²) in [5.74, 6) is -0.348. The van der Waals surface area contributed by atoms with Gasteiger partial charge >= 0.3 is 5.97 Å². The van der Waals surface area contributed by atoms with E-state index >= 15 is 0 Å². The number of hydrogen-bond donors (Lipinski definition) is 0. The molecule has 0 aromatic rings. The molecule has 0 bridgehead atoms. The zero-order valence-corrected chi connectivity index (χ0v) is 8.78. The Balaban J connectivity index is 2.48. The topological polar surface area (TPSA) is 38.8 Å². The average Bonchev–Trinajstić information content (AvgIpc) is 2.18. The van der Waals surface area contributed by atoms with Crippen LogP contribution in [0.1, 0.15) is 13.8 Å². The van der Waals surface area contributed by atoms with Gasteiger partial charge in [0.15, 0.2) is 6.23 Å². The summed E-state index contributed by atoms with van der Waals surface area (Å²) in [6.45, 7) is 10.0. The molecule has 1 atom stereocenters. The molecule has 0 radical (unpaired) electrons. The Morgan fingerprint density at radius 1 is 1.71 bits per heavy atom. The van der Waals surface area contributed by atoms with Gasteiger partial charge in [-0.2, -0.15) is 0 Å². The first-order valence-corrected chi connectivity index (χ1v) is 4.83. The molecule has 1 aliphatic rings. The Morgan fingerprint density at radius 2 is 2.43 bits per heavy atom. The van der Waals surface area contributed by atoms with Crippen LogP contribution in [0.4, 0.5) is 0 Å². The molecule has 0 saturated carbocycles. The summed E-state index contributed by atoms with van der Waals surface area (Å²) in [6, 6.07) is 0. The van der Waals surface area contributed by atoms with Crippen LogP contribution in [0.2, 0.25) is 0 Å². The highest BCUT2D eigenvalue weighted by atomic mass is 16.6. The van der Waals surface area contributed by atoms with Crippen LogP contribution < -0.4 is 0 Å². The summed E-state index contributed by atoms with van der Waals surface area (Å²) in [5, 5.41) is 0. The highest BCUT2D eigenvalue weighted by molar-refractivity contribution is 5.87. The van der Waals surface area contributed by atoms with Crippen LogP contribution in [0.15, 0.2) is 12.2 Å². The van der Waals surface area contributed by atoms with Gasteiger partial charge in [0.05, 0.1) is 13.2 Å². The second-order valence-corrected chi connectivity index (χ2v) is 3.34. The fourth-order valence-corrected chi connectivity index (χ4v) is 1.31. The van der Waals surface area contributed by atoms with E-state index in [2.05, 4.69) is 11.5 Å². The number of rotatable bonds is 3. The van der Waals surface area contributed by atoms with Crippen molar-refractivity contribution in [2.45, 2.75) is 20.1 Å². The fraction of sp³-hybridized carbons (Fsp3) is 0.700. The lowest BCUT2D eigenvalue weighted by Crippen LogP contribution is -2.47. The van der Waals surface area contributed by atoms with Crippen molar-refractivity contribution >= 4 is 5.97 Å². The molecule has 80 valence electrons. The number of hydrogen-bond acceptors (Lipinski definition) is 4. The average molecular weight is 199 g/mol. The standard InChI is InChI=1S/C10H17NO3/c1-4-11-5-6-13-7-9(11)14-10(12)8(2)3/h9H,2,4-7H2,1,3H3. The largest absolute Gasteiger partial charge is 0.440 e. The van der Waals surface area contributed by atoms with Crippen LogP contribution >= 0.6 is 0 Å². The van der Waals surface area contributed by atoms with Gasteiger partial charge in [0, 0.05) is 12.1 Å². The third-order valence-corrected chi connectivity index (χ3v) is 2.19. The van der Waals surface area contributed by atoms with Gasteiger partial charge in [0.1, 0.15) is 0 Å². The number of nitrogens with zero attached hydrogens (tertiary/aromatic N) is 1. The van der Waals surface area contributed by atoms with E-state index in [-0.39, 0.29) is 12.2 Å². The van der Waals surface area contributed by atoms with Crippen LogP contribution in [0.25, 0.3) is 0 Å². The van der Waals surface area contributed by atoms with Gasteiger partial charge < -0.3 is 9.47 Å². The maximum atomic E-state index is 11.3. The lowest BCUT2D eigenvalue weighted by Gasteiger charge is -2.33. The molecule has 1 rings (SSSR count). The number of ether oxygens (including phenoxy) is 2. The summed E-state index contributed by atoms with van der Waals surface area (Å²) in [5.41, 5.74) is 0.423. The summed E-state index contributed by atoms with van der Waals surface area (Å²) < 4.78 is 10.5. The van der Waals surface area contributed by atoms with Crippen molar-refractivity contribution < 1.29 is 14.3 Å². The van der Waals surface area contributed by atoms with Gasteiger partial charge in [-0.15, -0.1) is 0 Å². The van der Waals surface area contributed by atoms with Crippen molar-refractivity contribution in [1.29, 1.82) is 0 Å². The fourth-order valence-electron chi connectivity index (χ4n) is 1.31. The zero-order chi connectivity index (χ0) is 10.6. The molecule has 0 aromatic carbocycles. The van der Waals surface area contributed by atoms with E-state index in [1.807, 2.05) is 6.92 Å². The third-order valence-electron chi connectivity index (χ3n) is 2.19. The minimum atomic E-state index is -0.348. The molecule has 1 aliphatic heterocycles. The Hall–Kier alpha value is -0.870. The van der Waals surface area contributed by atoms with E-state index < -0.39 is 0 Å². The number of carbonyl (C=O) groups excluding carboxylic acids is 1. The number of likely N-dealkylation sites (N-methyl/N-ethyl adjacent to an activating group) is 1. The van der Waals surface area contributed by atoms with Crippen LogP contribution in [0.5, 0.6) is 0 Å². The van der Waals surface area contributed by atoms with Crippen LogP contribution in [-0.2, 0) is 14.3 Å². The minimum Gasteiger partial charge on any atom is -0.440 e. The molecule has 0 N–H and O–H groups in total. The van der Waals surface area contributed by atoms with Crippen molar-refractivity contribution in [3.63, 3.8) is 0 Å². The predicted molar refractivity (Wildman–Crippen MR) is 52.8 cm³/mol. The molecule has 0 aliphatic carbocycles. The van der Waals surface area contributed by atoms with E-state index in [1.165, 1.54) is 0 Å². The van der Waals surface area contributed by atoms with Crippen molar-refractivity contribution in [3.05, 3.63) is 12.2 Å². The Labute approximate surface area is 84.5 Å². The number of esters is 1. The third kappa shape index (κ3) is 2.82. The van der Waals surface area contributed by atoms with Crippen LogP contribution in [0.3, 0.4) is 0 Å². The van der Waals surface area contributed by atoms with E-state index in [4.69, 9.17) is 9.47 Å². The Kier molecular flexibility index (Phi) is 4.10. The first kappa shape index (κ1) is 11.2. The predicted octanol–water partition coefficient (Wildman–Crippen LogP) is 0.784. The highest BCUT2D eigenvalue weighted by Gasteiger charge is 2.24. The zero-order valence-electron chi connectivity index (χ0n) is 8.78. The Morgan fingerprint density at radius 3 is 3.00 bits per heavy atom. The van der Waals surface area contributed by atoms with Crippen LogP contribution in [-0.4, -0.2) is 43.4 Å². The molecule has 1 saturated heterocycles. The molecule has 4 nitrogen and oxygen atoms in total. The lowest BCUT2D eigenvalue weighted by atomic mass is 10.3. The SMILES string of the molecule is C=C(C)C(=O)OC1COCCN1CC. The van der Waals surface area contributed by atoms with Gasteiger partial charge in [0.2, 0.25) is 0 Å². The van der Waals surface area contributed by atoms with Crippen molar-refractivity contribution in [2.75, 3.05) is 26.3 Å². The van der Waals surface area contributed by atoms with Gasteiger partial charge in [-0.25, -0.2) is 4.79 Å². The summed E-state index contributed by atoms with van der Waals surface area (Å²) >= 11 is 0. The second kappa shape index (κ2) is 5.12. The maximum Gasteiger partial charge on any atom is 0.334 e. The van der Waals surface area contributed by atoms with E-state index in [0.717, 1.165) is 13.1 Å². The molecule has 1 unspecified atom stereocenters. The number of morpholine rings is 1. The van der Waals surface area contributed by atoms with E-state index in [9.17, 15) is 4.79 Å². The highest BCUT2D eigenvalue weighted by Crippen LogP contribution is 2.09. The maximum absolute atomic E-state index is 11.3. The van der Waals surface area contributed by atoms with Gasteiger partial charge in [-0.1, -0.05) is 13.5 Å². The molecule has 0 aromatic heterocycles. The molecule has 1 heterocycles. The quantitative estimate of drug-likeness (QED) is 0.497. The smallest absolute Gasteiger partial charge is 0.334 e. The molecular formula is C10H17NO3. The monoisotopic (exact) mass is 199 g/mol. The summed E-state index contributed by atoms with van der Waals surface area (Å²) in [4.78, 5) is 13.3. The summed E-state index contributed by atoms with van der Waals surface area (Å²) in [7, 11) is 0. The van der Waals surface area contributed by atoms with Crippen molar-refractivity contribution in [1.82, 2.24) is 4.90 Å². The summed E-state index contributed by atoms with van der Waals surface area (Å²) in [6.07, 6.45) is -0.252. The van der Waals surface area contributed by atoms with Crippen molar-refractivity contribution in [2.24, 2.45) is 0 Å². The Bertz CT molecular complexity index is 227. The molecular weight excluding hydrogens is 182 g/mol. The van der Waals surface area contributed by atoms with Gasteiger partial charge in [0.25, 0.3) is 0 Å². The lowest BCUT2D eigenvalue weighted by molar-refractivity contribution is -0.170. The first-order chi connectivity index (χ1) is 6.65. The second-order valence-electron chi connectivity index (χ2n) is 3.34. The van der Waals surface area contributed by atoms with Crippen molar-refractivity contribution in [3.8, 4) is 0 Å². The van der Waals surface area contributed by atoms with Gasteiger partial charge in [-0.05, 0) is 13.5 Å². The van der Waals surface area contributed by atoms with E-state index in [1.54, 1.807) is 6.92 Å². The minimum absolute atomic E-state index is 0.252. The molecule has 0 amide bonds. The van der Waals surface area contributed by atoms with E-state index in [0.29, 0.717) is 18.8 Å². The van der Waals surface area contributed by atoms with Crippen LogP contribution in [0, 0.1) is 0 Å². The molecule has 4 heteroatoms. The number of carbonyl (C=O) groups is 1. The molecule has 1 fully saturated rings.